The van der Waals surface area contributed by atoms with Crippen molar-refractivity contribution in [3.63, 3.8) is 0 Å². The van der Waals surface area contributed by atoms with E-state index in [1.807, 2.05) is 73.7 Å². The Bertz CT molecular complexity index is 1340. The molecule has 5 aromatic rings. The number of imidazole rings is 1. The minimum absolute atomic E-state index is 0.140. The molecule has 0 aliphatic heterocycles. The van der Waals surface area contributed by atoms with Gasteiger partial charge in [-0.05, 0) is 43.3 Å². The van der Waals surface area contributed by atoms with Gasteiger partial charge in [-0.2, -0.15) is 0 Å². The lowest BCUT2D eigenvalue weighted by atomic mass is 10.2. The highest BCUT2D eigenvalue weighted by molar-refractivity contribution is 6.04. The third kappa shape index (κ3) is 2.56. The van der Waals surface area contributed by atoms with Crippen LogP contribution in [0, 0.1) is 6.92 Å². The zero-order valence-corrected chi connectivity index (χ0v) is 15.2. The Morgan fingerprint density at radius 3 is 2.07 bits per heavy atom. The molecular formula is C23H16N4O. The van der Waals surface area contributed by atoms with Crippen LogP contribution in [0.3, 0.4) is 0 Å². The van der Waals surface area contributed by atoms with Gasteiger partial charge in [0.15, 0.2) is 5.82 Å². The fourth-order valence-corrected chi connectivity index (χ4v) is 3.40. The quantitative estimate of drug-likeness (QED) is 0.458. The lowest BCUT2D eigenvalue weighted by Gasteiger charge is -2.10. The van der Waals surface area contributed by atoms with Crippen LogP contribution in [-0.4, -0.2) is 25.4 Å². The number of carbonyl (C=O) groups is 1. The van der Waals surface area contributed by atoms with Crippen LogP contribution >= 0.6 is 0 Å². The third-order valence-electron chi connectivity index (χ3n) is 4.74. The average molecular weight is 364 g/mol. The summed E-state index contributed by atoms with van der Waals surface area (Å²) >= 11 is 0. The summed E-state index contributed by atoms with van der Waals surface area (Å²) in [5.74, 6) is 0.365. The fourth-order valence-electron chi connectivity index (χ4n) is 3.40. The van der Waals surface area contributed by atoms with Crippen LogP contribution in [0.5, 0.6) is 0 Å². The van der Waals surface area contributed by atoms with Crippen molar-refractivity contribution < 1.29 is 4.79 Å². The molecule has 0 saturated heterocycles. The highest BCUT2D eigenvalue weighted by atomic mass is 16.2. The number of fused-ring (bicyclic) bond motifs is 2. The first kappa shape index (κ1) is 16.3. The van der Waals surface area contributed by atoms with E-state index in [4.69, 9.17) is 9.97 Å². The molecule has 2 aromatic heterocycles. The fraction of sp³-hybridized carbons (Fsp3) is 0.0435. The molecule has 0 aliphatic carbocycles. The Morgan fingerprint density at radius 2 is 1.32 bits per heavy atom. The maximum atomic E-state index is 13.4. The second-order valence-corrected chi connectivity index (χ2v) is 6.58. The Morgan fingerprint density at radius 1 is 0.714 bits per heavy atom. The molecule has 2 heterocycles. The van der Waals surface area contributed by atoms with E-state index in [-0.39, 0.29) is 5.91 Å². The normalized spacial score (nSPS) is 11.2. The zero-order valence-electron chi connectivity index (χ0n) is 15.2. The zero-order chi connectivity index (χ0) is 19.1. The van der Waals surface area contributed by atoms with E-state index in [9.17, 15) is 4.79 Å². The molecular weight excluding hydrogens is 348 g/mol. The summed E-state index contributed by atoms with van der Waals surface area (Å²) in [6.45, 7) is 1.89. The van der Waals surface area contributed by atoms with E-state index in [1.54, 1.807) is 16.7 Å². The number of aromatic nitrogens is 4. The van der Waals surface area contributed by atoms with Crippen LogP contribution in [-0.2, 0) is 0 Å². The SMILES string of the molecule is Cc1nc2ccccc2nc1-c1nc2ccccc2n1C(=O)c1ccccc1. The van der Waals surface area contributed by atoms with Crippen LogP contribution in [0.2, 0.25) is 0 Å². The number of rotatable bonds is 2. The molecule has 0 bridgehead atoms. The number of aryl methyl sites for hydroxylation is 1. The number of hydrogen-bond acceptors (Lipinski definition) is 4. The van der Waals surface area contributed by atoms with Crippen molar-refractivity contribution in [2.45, 2.75) is 6.92 Å². The third-order valence-corrected chi connectivity index (χ3v) is 4.74. The predicted octanol–water partition coefficient (Wildman–Crippen LogP) is 4.64. The Kier molecular flexibility index (Phi) is 3.72. The minimum Gasteiger partial charge on any atom is -0.268 e. The molecule has 0 N–H and O–H groups in total. The van der Waals surface area contributed by atoms with Crippen LogP contribution < -0.4 is 0 Å². The number of nitrogens with zero attached hydrogens (tertiary/aromatic N) is 4. The number of carbonyl (C=O) groups excluding carboxylic acids is 1. The number of hydrogen-bond donors (Lipinski definition) is 0. The molecule has 5 heteroatoms. The molecule has 0 fully saturated rings. The monoisotopic (exact) mass is 364 g/mol. The molecule has 0 saturated carbocycles. The van der Waals surface area contributed by atoms with Crippen LogP contribution in [0.15, 0.2) is 78.9 Å². The Hall–Kier alpha value is -3.86. The molecule has 0 radical (unpaired) electrons. The summed E-state index contributed by atoms with van der Waals surface area (Å²) in [7, 11) is 0. The van der Waals surface area contributed by atoms with Gasteiger partial charge in [0, 0.05) is 5.56 Å². The van der Waals surface area contributed by atoms with Gasteiger partial charge in [-0.1, -0.05) is 42.5 Å². The average Bonchev–Trinajstić information content (AvgIpc) is 3.12. The number of benzene rings is 3. The summed E-state index contributed by atoms with van der Waals surface area (Å²) in [5.41, 5.74) is 5.03. The first-order valence-electron chi connectivity index (χ1n) is 9.03. The summed E-state index contributed by atoms with van der Waals surface area (Å²) in [6, 6.07) is 24.5. The van der Waals surface area contributed by atoms with Gasteiger partial charge in [-0.15, -0.1) is 0 Å². The molecule has 134 valence electrons. The van der Waals surface area contributed by atoms with E-state index < -0.39 is 0 Å². The second-order valence-electron chi connectivity index (χ2n) is 6.58. The Balaban J connectivity index is 1.81. The molecule has 0 aliphatic rings. The standard InChI is InChI=1S/C23H16N4O/c1-15-21(25-18-12-6-5-11-17(18)24-15)22-26-19-13-7-8-14-20(19)27(22)23(28)16-9-3-2-4-10-16/h2-14H,1H3. The van der Waals surface area contributed by atoms with Crippen molar-refractivity contribution in [2.75, 3.05) is 0 Å². The van der Waals surface area contributed by atoms with Crippen LogP contribution in [0.25, 0.3) is 33.6 Å². The molecule has 5 nitrogen and oxygen atoms in total. The molecule has 0 spiro atoms. The van der Waals surface area contributed by atoms with Gasteiger partial charge < -0.3 is 0 Å². The summed E-state index contributed by atoms with van der Waals surface area (Å²) in [6.07, 6.45) is 0. The maximum absolute atomic E-state index is 13.4. The lowest BCUT2D eigenvalue weighted by Crippen LogP contribution is -2.14. The topological polar surface area (TPSA) is 60.7 Å². The lowest BCUT2D eigenvalue weighted by molar-refractivity contribution is 0.0966. The van der Waals surface area contributed by atoms with Crippen molar-refractivity contribution in [3.05, 3.63) is 90.1 Å². The van der Waals surface area contributed by atoms with E-state index in [1.165, 1.54) is 0 Å². The van der Waals surface area contributed by atoms with Crippen molar-refractivity contribution in [3.8, 4) is 11.5 Å². The highest BCUT2D eigenvalue weighted by Gasteiger charge is 2.22. The molecule has 28 heavy (non-hydrogen) atoms. The molecule has 0 amide bonds. The smallest absolute Gasteiger partial charge is 0.264 e. The summed E-state index contributed by atoms with van der Waals surface area (Å²) in [4.78, 5) is 27.5. The van der Waals surface area contributed by atoms with Gasteiger partial charge in [0.2, 0.25) is 0 Å². The van der Waals surface area contributed by atoms with Gasteiger partial charge in [0.25, 0.3) is 5.91 Å². The van der Waals surface area contributed by atoms with Crippen molar-refractivity contribution in [1.29, 1.82) is 0 Å². The van der Waals surface area contributed by atoms with Gasteiger partial charge >= 0.3 is 0 Å². The molecule has 0 atom stereocenters. The van der Waals surface area contributed by atoms with Crippen molar-refractivity contribution in [2.24, 2.45) is 0 Å². The van der Waals surface area contributed by atoms with Gasteiger partial charge in [0.05, 0.1) is 27.8 Å². The predicted molar refractivity (Wildman–Crippen MR) is 109 cm³/mol. The summed E-state index contributed by atoms with van der Waals surface area (Å²) in [5, 5.41) is 0. The van der Waals surface area contributed by atoms with E-state index in [2.05, 4.69) is 4.98 Å². The first-order valence-corrected chi connectivity index (χ1v) is 9.03. The molecule has 5 rings (SSSR count). The first-order chi connectivity index (χ1) is 13.7. The van der Waals surface area contributed by atoms with E-state index in [0.29, 0.717) is 17.1 Å². The minimum atomic E-state index is -0.140. The second kappa shape index (κ2) is 6.39. The van der Waals surface area contributed by atoms with Gasteiger partial charge in [0.1, 0.15) is 5.69 Å². The molecule has 3 aromatic carbocycles. The van der Waals surface area contributed by atoms with E-state index in [0.717, 1.165) is 27.8 Å². The Labute approximate surface area is 161 Å². The van der Waals surface area contributed by atoms with Crippen molar-refractivity contribution in [1.82, 2.24) is 19.5 Å². The largest absolute Gasteiger partial charge is 0.268 e. The van der Waals surface area contributed by atoms with Gasteiger partial charge in [-0.25, -0.2) is 15.0 Å². The maximum Gasteiger partial charge on any atom is 0.264 e. The van der Waals surface area contributed by atoms with Crippen LogP contribution in [0.4, 0.5) is 0 Å². The van der Waals surface area contributed by atoms with E-state index >= 15 is 0 Å². The number of para-hydroxylation sites is 4. The van der Waals surface area contributed by atoms with Crippen molar-refractivity contribution >= 4 is 28.0 Å². The highest BCUT2D eigenvalue weighted by Crippen LogP contribution is 2.27. The molecule has 0 unspecified atom stereocenters. The van der Waals surface area contributed by atoms with Crippen LogP contribution in [0.1, 0.15) is 16.1 Å². The summed E-state index contributed by atoms with van der Waals surface area (Å²) < 4.78 is 1.64. The van der Waals surface area contributed by atoms with Gasteiger partial charge in [-0.3, -0.25) is 9.36 Å².